The maximum absolute atomic E-state index is 11.2. The lowest BCUT2D eigenvalue weighted by atomic mass is 10.2. The molecule has 0 saturated heterocycles. The highest BCUT2D eigenvalue weighted by Crippen LogP contribution is 2.38. The summed E-state index contributed by atoms with van der Waals surface area (Å²) >= 11 is 1.31. The Labute approximate surface area is 168 Å². The topological polar surface area (TPSA) is 121 Å². The van der Waals surface area contributed by atoms with Gasteiger partial charge in [-0.05, 0) is 31.2 Å². The van der Waals surface area contributed by atoms with E-state index in [0.717, 1.165) is 5.76 Å². The highest BCUT2D eigenvalue weighted by atomic mass is 32.2. The number of methoxy groups -OCH3 is 2. The summed E-state index contributed by atoms with van der Waals surface area (Å²) in [6.45, 7) is 1.85. The van der Waals surface area contributed by atoms with Gasteiger partial charge in [-0.1, -0.05) is 17.8 Å². The first-order chi connectivity index (χ1) is 14.1. The molecule has 0 unspecified atom stereocenters. The minimum absolute atomic E-state index is 0.318. The van der Waals surface area contributed by atoms with Crippen molar-refractivity contribution in [2.24, 2.45) is 0 Å². The van der Waals surface area contributed by atoms with Gasteiger partial charge in [0.2, 0.25) is 5.82 Å². The van der Waals surface area contributed by atoms with Crippen molar-refractivity contribution in [1.82, 2.24) is 24.9 Å². The quantitative estimate of drug-likeness (QED) is 0.454. The Morgan fingerprint density at radius 1 is 1.14 bits per heavy atom. The fourth-order valence-electron chi connectivity index (χ4n) is 2.78. The van der Waals surface area contributed by atoms with Gasteiger partial charge in [-0.25, -0.2) is 9.95 Å². The number of hydrogen-bond acceptors (Lipinski definition) is 9. The largest absolute Gasteiger partial charge is 0.494 e. The SMILES string of the molecule is COc1cccc(OC)c1-n1c(SCc2nc(=O)o[nH]2)nnc1-c1ccc(C)o1. The summed E-state index contributed by atoms with van der Waals surface area (Å²) in [7, 11) is 3.15. The highest BCUT2D eigenvalue weighted by molar-refractivity contribution is 7.98. The van der Waals surface area contributed by atoms with Gasteiger partial charge < -0.3 is 18.4 Å². The lowest BCUT2D eigenvalue weighted by Crippen LogP contribution is -2.05. The van der Waals surface area contributed by atoms with Gasteiger partial charge in [0.05, 0.1) is 20.0 Å². The molecule has 11 heteroatoms. The molecule has 0 atom stereocenters. The van der Waals surface area contributed by atoms with E-state index in [1.807, 2.05) is 37.3 Å². The smallest absolute Gasteiger partial charge is 0.459 e. The number of rotatable bonds is 7. The molecule has 4 aromatic rings. The van der Waals surface area contributed by atoms with E-state index in [9.17, 15) is 4.79 Å². The third kappa shape index (κ3) is 3.63. The molecule has 0 aliphatic rings. The number of aryl methyl sites for hydroxylation is 1. The molecule has 0 spiro atoms. The average Bonchev–Trinajstić information content (AvgIpc) is 3.45. The summed E-state index contributed by atoms with van der Waals surface area (Å²) < 4.78 is 23.3. The van der Waals surface area contributed by atoms with Crippen molar-refractivity contribution in [3.05, 3.63) is 52.5 Å². The van der Waals surface area contributed by atoms with Gasteiger partial charge in [0.15, 0.2) is 16.7 Å². The molecule has 1 N–H and O–H groups in total. The minimum atomic E-state index is -0.680. The van der Waals surface area contributed by atoms with Crippen LogP contribution < -0.4 is 15.2 Å². The van der Waals surface area contributed by atoms with Gasteiger partial charge in [0.25, 0.3) is 0 Å². The van der Waals surface area contributed by atoms with E-state index in [-0.39, 0.29) is 0 Å². The zero-order chi connectivity index (χ0) is 20.4. The Balaban J connectivity index is 1.85. The molecule has 29 heavy (non-hydrogen) atoms. The number of nitrogens with zero attached hydrogens (tertiary/aromatic N) is 4. The number of ether oxygens (including phenoxy) is 2. The monoisotopic (exact) mass is 415 g/mol. The van der Waals surface area contributed by atoms with Gasteiger partial charge in [0, 0.05) is 0 Å². The van der Waals surface area contributed by atoms with Crippen LogP contribution in [0.4, 0.5) is 0 Å². The molecule has 1 aromatic carbocycles. The van der Waals surface area contributed by atoms with E-state index in [1.54, 1.807) is 18.8 Å². The molecule has 0 radical (unpaired) electrons. The molecule has 3 heterocycles. The Morgan fingerprint density at radius 2 is 1.90 bits per heavy atom. The average molecular weight is 415 g/mol. The molecule has 0 bridgehead atoms. The summed E-state index contributed by atoms with van der Waals surface area (Å²) in [6, 6.07) is 9.13. The summed E-state index contributed by atoms with van der Waals surface area (Å²) in [5.74, 6) is 2.95. The first kappa shape index (κ1) is 18.9. The summed E-state index contributed by atoms with van der Waals surface area (Å²) in [6.07, 6.45) is 0. The van der Waals surface area contributed by atoms with Crippen molar-refractivity contribution in [2.75, 3.05) is 14.2 Å². The molecule has 10 nitrogen and oxygen atoms in total. The standard InChI is InChI=1S/C18H17N5O5S/c1-10-7-8-13(27-10)16-20-21-17(29-9-14-19-18(24)28-22-14)23(16)15-11(25-2)5-4-6-12(15)26-3/h4-8H,9H2,1-3H3,(H,19,22,24). The number of para-hydroxylation sites is 1. The second-order valence-corrected chi connectivity index (χ2v) is 6.82. The van der Waals surface area contributed by atoms with E-state index < -0.39 is 5.76 Å². The summed E-state index contributed by atoms with van der Waals surface area (Å²) in [5.41, 5.74) is 0.627. The number of H-pyrrole nitrogens is 1. The van der Waals surface area contributed by atoms with Gasteiger partial charge in [-0.15, -0.1) is 10.2 Å². The lowest BCUT2D eigenvalue weighted by molar-refractivity contribution is 0.383. The van der Waals surface area contributed by atoms with Crippen molar-refractivity contribution in [3.63, 3.8) is 0 Å². The molecule has 0 aliphatic heterocycles. The number of benzene rings is 1. The molecule has 0 fully saturated rings. The normalized spacial score (nSPS) is 11.0. The fraction of sp³-hybridized carbons (Fsp3) is 0.222. The minimum Gasteiger partial charge on any atom is -0.494 e. The van der Waals surface area contributed by atoms with E-state index in [0.29, 0.717) is 45.5 Å². The van der Waals surface area contributed by atoms with Crippen LogP contribution in [0.25, 0.3) is 17.3 Å². The third-order valence-corrected chi connectivity index (χ3v) is 4.98. The van der Waals surface area contributed by atoms with Crippen LogP contribution in [-0.4, -0.2) is 39.1 Å². The zero-order valence-electron chi connectivity index (χ0n) is 15.8. The molecule has 0 saturated carbocycles. The summed E-state index contributed by atoms with van der Waals surface area (Å²) in [4.78, 5) is 14.9. The first-order valence-electron chi connectivity index (χ1n) is 8.51. The van der Waals surface area contributed by atoms with Crippen LogP contribution in [0.1, 0.15) is 11.6 Å². The van der Waals surface area contributed by atoms with Crippen molar-refractivity contribution >= 4 is 11.8 Å². The molecular weight excluding hydrogens is 398 g/mol. The molecule has 0 aliphatic carbocycles. The molecule has 4 rings (SSSR count). The zero-order valence-corrected chi connectivity index (χ0v) is 16.6. The fourth-order valence-corrected chi connectivity index (χ4v) is 3.58. The third-order valence-electron chi connectivity index (χ3n) is 4.04. The number of thioether (sulfide) groups is 1. The highest BCUT2D eigenvalue weighted by Gasteiger charge is 2.24. The molecule has 3 aromatic heterocycles. The number of furan rings is 1. The van der Waals surface area contributed by atoms with Crippen LogP contribution in [0.3, 0.4) is 0 Å². The van der Waals surface area contributed by atoms with E-state index in [1.165, 1.54) is 11.8 Å². The Kier molecular flexibility index (Phi) is 5.12. The van der Waals surface area contributed by atoms with E-state index >= 15 is 0 Å². The molecule has 0 amide bonds. The van der Waals surface area contributed by atoms with Gasteiger partial charge in [-0.2, -0.15) is 4.98 Å². The van der Waals surface area contributed by atoms with Crippen molar-refractivity contribution < 1.29 is 18.4 Å². The number of nitrogens with one attached hydrogen (secondary N) is 1. The van der Waals surface area contributed by atoms with Crippen LogP contribution in [0.15, 0.2) is 49.2 Å². The van der Waals surface area contributed by atoms with Crippen molar-refractivity contribution in [1.29, 1.82) is 0 Å². The number of hydrogen-bond donors (Lipinski definition) is 1. The van der Waals surface area contributed by atoms with Gasteiger partial charge >= 0.3 is 5.76 Å². The Bertz CT molecular complexity index is 1170. The Morgan fingerprint density at radius 3 is 2.48 bits per heavy atom. The Hall–Kier alpha value is -3.47. The maximum Gasteiger partial charge on any atom is 0.459 e. The lowest BCUT2D eigenvalue weighted by Gasteiger charge is -2.16. The van der Waals surface area contributed by atoms with Gasteiger partial charge in [0.1, 0.15) is 22.9 Å². The molecular formula is C18H17N5O5S. The van der Waals surface area contributed by atoms with Crippen LogP contribution >= 0.6 is 11.8 Å². The number of aromatic nitrogens is 5. The maximum atomic E-state index is 11.2. The predicted octanol–water partition coefficient (Wildman–Crippen LogP) is 2.82. The second-order valence-electron chi connectivity index (χ2n) is 5.88. The second kappa shape index (κ2) is 7.87. The van der Waals surface area contributed by atoms with Crippen LogP contribution in [-0.2, 0) is 5.75 Å². The first-order valence-corrected chi connectivity index (χ1v) is 9.50. The predicted molar refractivity (Wildman–Crippen MR) is 104 cm³/mol. The van der Waals surface area contributed by atoms with Crippen molar-refractivity contribution in [2.45, 2.75) is 17.8 Å². The van der Waals surface area contributed by atoms with Crippen LogP contribution in [0.5, 0.6) is 11.5 Å². The van der Waals surface area contributed by atoms with Crippen LogP contribution in [0.2, 0.25) is 0 Å². The molecule has 150 valence electrons. The van der Waals surface area contributed by atoms with Crippen molar-refractivity contribution in [3.8, 4) is 28.8 Å². The van der Waals surface area contributed by atoms with E-state index in [2.05, 4.69) is 24.9 Å². The van der Waals surface area contributed by atoms with E-state index in [4.69, 9.17) is 13.9 Å². The number of aromatic amines is 1. The van der Waals surface area contributed by atoms with Crippen LogP contribution in [0, 0.1) is 6.92 Å². The summed E-state index contributed by atoms with van der Waals surface area (Å²) in [5, 5.41) is 11.6. The van der Waals surface area contributed by atoms with Gasteiger partial charge in [-0.3, -0.25) is 4.57 Å².